The van der Waals surface area contributed by atoms with Crippen molar-refractivity contribution >= 4 is 46.5 Å². The van der Waals surface area contributed by atoms with Gasteiger partial charge in [0.05, 0.1) is 0 Å². The van der Waals surface area contributed by atoms with E-state index in [0.717, 1.165) is 59.2 Å². The lowest BCUT2D eigenvalue weighted by atomic mass is 10.1. The molecular weight excluding hydrogens is 576 g/mol. The van der Waals surface area contributed by atoms with Crippen LogP contribution in [0.3, 0.4) is 0 Å². The fourth-order valence-corrected chi connectivity index (χ4v) is 5.17. The molecule has 6 aromatic rings. The summed E-state index contributed by atoms with van der Waals surface area (Å²) in [4.78, 5) is 15.2. The molecule has 0 saturated carbocycles. The number of hydrogen-bond acceptors (Lipinski definition) is 4. The lowest BCUT2D eigenvalue weighted by Crippen LogP contribution is -2.09. The first-order valence-corrected chi connectivity index (χ1v) is 15.9. The van der Waals surface area contributed by atoms with Gasteiger partial charge in [0.25, 0.3) is 0 Å². The smallest absolute Gasteiger partial charge is 0.150 e. The van der Waals surface area contributed by atoms with Gasteiger partial charge in [-0.15, -0.1) is 0 Å². The van der Waals surface area contributed by atoms with E-state index in [2.05, 4.69) is 113 Å². The standard InChI is InChI=1S/C20H17N.C19H15NO.C4H8O/c1-2-17-13-15-20(16-14-17)21(18-9-5-3-6-10-18)19-11-7-4-8-12-19;21-15-16-11-13-19(14-12-16)20(17-7-3-1-4-8-17)18-9-5-2-6-10-18;1-2-4-5-3-1/h2-16H,1H2;1-15H;1-4H2. The monoisotopic (exact) mass is 616 g/mol. The predicted molar refractivity (Wildman–Crippen MR) is 198 cm³/mol. The van der Waals surface area contributed by atoms with E-state index in [1.165, 1.54) is 12.8 Å². The Morgan fingerprint density at radius 2 is 0.723 bits per heavy atom. The van der Waals surface area contributed by atoms with Crippen LogP contribution >= 0.6 is 0 Å². The van der Waals surface area contributed by atoms with Crippen molar-refractivity contribution in [1.29, 1.82) is 0 Å². The van der Waals surface area contributed by atoms with Gasteiger partial charge < -0.3 is 14.5 Å². The molecule has 0 aliphatic carbocycles. The number of nitrogens with zero attached hydrogens (tertiary/aromatic N) is 2. The summed E-state index contributed by atoms with van der Waals surface area (Å²) in [6.07, 6.45) is 5.28. The molecule has 1 heterocycles. The normalized spacial score (nSPS) is 11.6. The summed E-state index contributed by atoms with van der Waals surface area (Å²) in [7, 11) is 0. The van der Waals surface area contributed by atoms with Crippen molar-refractivity contribution in [2.75, 3.05) is 23.0 Å². The van der Waals surface area contributed by atoms with E-state index in [4.69, 9.17) is 4.74 Å². The number of rotatable bonds is 8. The first kappa shape index (κ1) is 32.7. The molecule has 0 amide bonds. The molecule has 1 aliphatic rings. The number of anilines is 6. The van der Waals surface area contributed by atoms with Gasteiger partial charge in [-0.3, -0.25) is 4.79 Å². The maximum absolute atomic E-state index is 10.8. The molecule has 0 aromatic heterocycles. The molecule has 4 heteroatoms. The number of carbonyl (C=O) groups is 1. The topological polar surface area (TPSA) is 32.8 Å². The Morgan fingerprint density at radius 3 is 0.979 bits per heavy atom. The zero-order valence-electron chi connectivity index (χ0n) is 26.6. The third-order valence-electron chi connectivity index (χ3n) is 7.56. The highest BCUT2D eigenvalue weighted by molar-refractivity contribution is 5.80. The molecule has 0 N–H and O–H groups in total. The highest BCUT2D eigenvalue weighted by Gasteiger charge is 2.12. The summed E-state index contributed by atoms with van der Waals surface area (Å²) in [6, 6.07) is 57.2. The highest BCUT2D eigenvalue weighted by atomic mass is 16.5. The Kier molecular flexibility index (Phi) is 12.3. The van der Waals surface area contributed by atoms with E-state index in [1.54, 1.807) is 0 Å². The van der Waals surface area contributed by atoms with Crippen LogP contribution in [-0.2, 0) is 4.74 Å². The molecule has 4 nitrogen and oxygen atoms in total. The number of aldehydes is 1. The fourth-order valence-electron chi connectivity index (χ4n) is 5.17. The van der Waals surface area contributed by atoms with Gasteiger partial charge in [0.1, 0.15) is 6.29 Å². The lowest BCUT2D eigenvalue weighted by Gasteiger charge is -2.25. The summed E-state index contributed by atoms with van der Waals surface area (Å²) in [5, 5.41) is 0. The van der Waals surface area contributed by atoms with Crippen LogP contribution < -0.4 is 9.80 Å². The van der Waals surface area contributed by atoms with Crippen LogP contribution in [0.5, 0.6) is 0 Å². The molecule has 0 atom stereocenters. The highest BCUT2D eigenvalue weighted by Crippen LogP contribution is 2.35. The van der Waals surface area contributed by atoms with Gasteiger partial charge in [-0.2, -0.15) is 0 Å². The van der Waals surface area contributed by atoms with Gasteiger partial charge in [0.15, 0.2) is 0 Å². The molecular formula is C43H40N2O2. The van der Waals surface area contributed by atoms with E-state index in [0.29, 0.717) is 5.56 Å². The third-order valence-corrected chi connectivity index (χ3v) is 7.56. The van der Waals surface area contributed by atoms with Crippen LogP contribution in [0, 0.1) is 0 Å². The minimum atomic E-state index is 0.680. The molecule has 0 radical (unpaired) electrons. The van der Waals surface area contributed by atoms with Crippen molar-refractivity contribution in [3.63, 3.8) is 0 Å². The minimum absolute atomic E-state index is 0.680. The van der Waals surface area contributed by atoms with Crippen molar-refractivity contribution in [3.05, 3.63) is 188 Å². The number of hydrogen-bond donors (Lipinski definition) is 0. The quantitative estimate of drug-likeness (QED) is 0.159. The second-order valence-electron chi connectivity index (χ2n) is 10.8. The maximum Gasteiger partial charge on any atom is 0.150 e. The second kappa shape index (κ2) is 17.7. The largest absolute Gasteiger partial charge is 0.381 e. The lowest BCUT2D eigenvalue weighted by molar-refractivity contribution is 0.112. The Morgan fingerprint density at radius 1 is 0.426 bits per heavy atom. The molecule has 0 spiro atoms. The molecule has 0 bridgehead atoms. The average molecular weight is 617 g/mol. The zero-order valence-corrected chi connectivity index (χ0v) is 26.6. The molecule has 1 aliphatic heterocycles. The van der Waals surface area contributed by atoms with Crippen molar-refractivity contribution in [2.45, 2.75) is 12.8 Å². The van der Waals surface area contributed by atoms with Crippen molar-refractivity contribution in [1.82, 2.24) is 0 Å². The second-order valence-corrected chi connectivity index (χ2v) is 10.8. The van der Waals surface area contributed by atoms with E-state index in [9.17, 15) is 4.79 Å². The molecule has 7 rings (SSSR count). The van der Waals surface area contributed by atoms with Crippen LogP contribution in [0.15, 0.2) is 176 Å². The third kappa shape index (κ3) is 9.40. The van der Waals surface area contributed by atoms with Gasteiger partial charge in [-0.05, 0) is 103 Å². The van der Waals surface area contributed by atoms with Crippen molar-refractivity contribution in [3.8, 4) is 0 Å². The minimum Gasteiger partial charge on any atom is -0.381 e. The molecule has 0 unspecified atom stereocenters. The zero-order chi connectivity index (χ0) is 32.5. The number of para-hydroxylation sites is 4. The summed E-state index contributed by atoms with van der Waals surface area (Å²) in [5.74, 6) is 0. The van der Waals surface area contributed by atoms with Crippen molar-refractivity contribution in [2.24, 2.45) is 0 Å². The molecule has 234 valence electrons. The maximum atomic E-state index is 10.8. The Hall–Kier alpha value is -5.71. The van der Waals surface area contributed by atoms with E-state index >= 15 is 0 Å². The van der Waals surface area contributed by atoms with Gasteiger partial charge in [0, 0.05) is 52.9 Å². The van der Waals surface area contributed by atoms with E-state index < -0.39 is 0 Å². The summed E-state index contributed by atoms with van der Waals surface area (Å²) in [5.41, 5.74) is 8.44. The van der Waals surface area contributed by atoms with Gasteiger partial charge in [-0.1, -0.05) is 97.6 Å². The van der Waals surface area contributed by atoms with Gasteiger partial charge in [0.2, 0.25) is 0 Å². The summed E-state index contributed by atoms with van der Waals surface area (Å²) in [6.45, 7) is 5.81. The fraction of sp³-hybridized carbons (Fsp3) is 0.0930. The predicted octanol–water partition coefficient (Wildman–Crippen LogP) is 11.6. The molecule has 47 heavy (non-hydrogen) atoms. The molecule has 1 saturated heterocycles. The van der Waals surface area contributed by atoms with Crippen LogP contribution in [0.1, 0.15) is 28.8 Å². The SMILES string of the molecule is C1CCOC1.C=Cc1ccc(N(c2ccccc2)c2ccccc2)cc1.O=Cc1ccc(N(c2ccccc2)c2ccccc2)cc1. The van der Waals surface area contributed by atoms with Gasteiger partial charge in [-0.25, -0.2) is 0 Å². The van der Waals surface area contributed by atoms with E-state index in [-0.39, 0.29) is 0 Å². The van der Waals surface area contributed by atoms with Crippen LogP contribution in [0.2, 0.25) is 0 Å². The molecule has 6 aromatic carbocycles. The number of benzene rings is 6. The van der Waals surface area contributed by atoms with Crippen LogP contribution in [0.25, 0.3) is 6.08 Å². The first-order chi connectivity index (χ1) is 23.3. The van der Waals surface area contributed by atoms with Crippen LogP contribution in [-0.4, -0.2) is 19.5 Å². The molecule has 1 fully saturated rings. The summed E-state index contributed by atoms with van der Waals surface area (Å²) < 4.78 is 4.94. The summed E-state index contributed by atoms with van der Waals surface area (Å²) >= 11 is 0. The average Bonchev–Trinajstić information content (AvgIpc) is 3.76. The Labute approximate surface area is 278 Å². The number of carbonyl (C=O) groups excluding carboxylic acids is 1. The van der Waals surface area contributed by atoms with Crippen molar-refractivity contribution < 1.29 is 9.53 Å². The Bertz CT molecular complexity index is 1540. The van der Waals surface area contributed by atoms with E-state index in [1.807, 2.05) is 78.9 Å². The first-order valence-electron chi connectivity index (χ1n) is 15.9. The van der Waals surface area contributed by atoms with Gasteiger partial charge >= 0.3 is 0 Å². The number of ether oxygens (including phenoxy) is 1. The Balaban J connectivity index is 0.000000161. The van der Waals surface area contributed by atoms with Crippen LogP contribution in [0.4, 0.5) is 34.1 Å².